The van der Waals surface area contributed by atoms with Crippen molar-refractivity contribution < 1.29 is 0 Å². The Morgan fingerprint density at radius 1 is 1.14 bits per heavy atom. The van der Waals surface area contributed by atoms with E-state index in [9.17, 15) is 0 Å². The summed E-state index contributed by atoms with van der Waals surface area (Å²) < 4.78 is 2.41. The van der Waals surface area contributed by atoms with Crippen LogP contribution in [-0.2, 0) is 0 Å². The highest BCUT2D eigenvalue weighted by Gasteiger charge is 2.46. The third kappa shape index (κ3) is 2.67. The second kappa shape index (κ2) is 6.96. The van der Waals surface area contributed by atoms with Crippen LogP contribution in [0.15, 0.2) is 59.9 Å². The molecule has 4 nitrogen and oxygen atoms in total. The van der Waals surface area contributed by atoms with E-state index >= 15 is 0 Å². The summed E-state index contributed by atoms with van der Waals surface area (Å²) in [5.41, 5.74) is 3.74. The van der Waals surface area contributed by atoms with Crippen LogP contribution >= 0.6 is 11.8 Å². The average Bonchev–Trinajstić information content (AvgIpc) is 3.39. The summed E-state index contributed by atoms with van der Waals surface area (Å²) in [5, 5.41) is 2.53. The van der Waals surface area contributed by atoms with E-state index < -0.39 is 0 Å². The summed E-state index contributed by atoms with van der Waals surface area (Å²) in [6, 6.07) is 16.2. The van der Waals surface area contributed by atoms with Gasteiger partial charge in [-0.2, -0.15) is 0 Å². The molecule has 0 N–H and O–H groups in total. The molecule has 3 aromatic rings. The Morgan fingerprint density at radius 2 is 1.96 bits per heavy atom. The zero-order valence-corrected chi connectivity index (χ0v) is 17.4. The van der Waals surface area contributed by atoms with Crippen LogP contribution in [0.25, 0.3) is 10.9 Å². The van der Waals surface area contributed by atoms with E-state index in [1.165, 1.54) is 21.6 Å². The minimum atomic E-state index is 0.0458. The fraction of sp³-hybridized carbons (Fsp3) is 0.391. The van der Waals surface area contributed by atoms with E-state index in [1.54, 1.807) is 0 Å². The predicted molar refractivity (Wildman–Crippen MR) is 118 cm³/mol. The normalized spacial score (nSPS) is 24.2. The Morgan fingerprint density at radius 3 is 2.71 bits per heavy atom. The minimum Gasteiger partial charge on any atom is -0.345 e. The summed E-state index contributed by atoms with van der Waals surface area (Å²) >= 11 is 1.90. The molecular formula is C23H26N4S. The predicted octanol–water partition coefficient (Wildman–Crippen LogP) is 5.60. The lowest BCUT2D eigenvalue weighted by atomic mass is 9.95. The van der Waals surface area contributed by atoms with Gasteiger partial charge in [-0.05, 0) is 38.5 Å². The molecule has 0 spiro atoms. The molecule has 0 bridgehead atoms. The maximum absolute atomic E-state index is 5.17. The molecule has 144 valence electrons. The van der Waals surface area contributed by atoms with E-state index in [1.807, 2.05) is 24.0 Å². The summed E-state index contributed by atoms with van der Waals surface area (Å²) in [6.07, 6.45) is 5.39. The van der Waals surface area contributed by atoms with Crippen molar-refractivity contribution in [3.63, 3.8) is 0 Å². The standard InChI is InChI=1S/C23H26N4S/c1-4-16-14-28-23-25-21(19-10-7-8-12-24-19)22(27(16)23)18-13-26(15(2)3)20-11-6-5-9-17(18)20/h5-13,15-16,21-22H,4,14H2,1-3H3. The average molecular weight is 391 g/mol. The number of aliphatic imine (C=N–C) groups is 1. The number of pyridine rings is 1. The Balaban J connectivity index is 1.71. The van der Waals surface area contributed by atoms with Gasteiger partial charge in [-0.15, -0.1) is 0 Å². The molecule has 3 atom stereocenters. The van der Waals surface area contributed by atoms with Crippen molar-refractivity contribution in [1.29, 1.82) is 0 Å². The van der Waals surface area contributed by atoms with Gasteiger partial charge in [0.05, 0.1) is 11.7 Å². The summed E-state index contributed by atoms with van der Waals surface area (Å²) in [7, 11) is 0. The SMILES string of the molecule is CCC1CSC2=NC(c3ccccn3)C(c3cn(C(C)C)c4ccccc34)N21. The van der Waals surface area contributed by atoms with Crippen LogP contribution in [-0.4, -0.2) is 31.4 Å². The first-order valence-electron chi connectivity index (χ1n) is 10.2. The number of benzene rings is 1. The number of nitrogens with zero attached hydrogens (tertiary/aromatic N) is 4. The first-order chi connectivity index (χ1) is 13.7. The van der Waals surface area contributed by atoms with Gasteiger partial charge in [-0.25, -0.2) is 0 Å². The van der Waals surface area contributed by atoms with Crippen molar-refractivity contribution in [3.8, 4) is 0 Å². The van der Waals surface area contributed by atoms with E-state index in [2.05, 4.69) is 77.8 Å². The first kappa shape index (κ1) is 17.8. The minimum absolute atomic E-state index is 0.0458. The molecule has 0 saturated carbocycles. The van der Waals surface area contributed by atoms with E-state index in [-0.39, 0.29) is 12.1 Å². The molecule has 1 saturated heterocycles. The van der Waals surface area contributed by atoms with Gasteiger partial charge in [-0.3, -0.25) is 9.98 Å². The molecule has 2 aliphatic heterocycles. The Bertz CT molecular complexity index is 1020. The topological polar surface area (TPSA) is 33.4 Å². The highest BCUT2D eigenvalue weighted by atomic mass is 32.2. The van der Waals surface area contributed by atoms with Crippen molar-refractivity contribution in [2.45, 2.75) is 51.4 Å². The quantitative estimate of drug-likeness (QED) is 0.582. The summed E-state index contributed by atoms with van der Waals surface area (Å²) in [6.45, 7) is 6.80. The van der Waals surface area contributed by atoms with Crippen LogP contribution in [0.1, 0.15) is 56.6 Å². The molecule has 1 aromatic carbocycles. The van der Waals surface area contributed by atoms with Gasteiger partial charge in [0.15, 0.2) is 5.17 Å². The monoisotopic (exact) mass is 390 g/mol. The van der Waals surface area contributed by atoms with E-state index in [0.29, 0.717) is 12.1 Å². The molecular weight excluding hydrogens is 364 g/mol. The highest BCUT2D eigenvalue weighted by Crippen LogP contribution is 2.50. The zero-order chi connectivity index (χ0) is 19.3. The molecule has 5 heteroatoms. The van der Waals surface area contributed by atoms with Crippen LogP contribution in [0.2, 0.25) is 0 Å². The van der Waals surface area contributed by atoms with Crippen molar-refractivity contribution >= 4 is 27.8 Å². The zero-order valence-electron chi connectivity index (χ0n) is 16.6. The Hall–Kier alpha value is -2.27. The lowest BCUT2D eigenvalue weighted by molar-refractivity contribution is 0.256. The number of fused-ring (bicyclic) bond motifs is 2. The lowest BCUT2D eigenvalue weighted by Gasteiger charge is -2.31. The third-order valence-electron chi connectivity index (χ3n) is 5.98. The molecule has 0 amide bonds. The van der Waals surface area contributed by atoms with Crippen molar-refractivity contribution in [2.24, 2.45) is 4.99 Å². The van der Waals surface area contributed by atoms with Crippen LogP contribution in [0.3, 0.4) is 0 Å². The molecule has 28 heavy (non-hydrogen) atoms. The molecule has 1 fully saturated rings. The number of hydrogen-bond acceptors (Lipinski definition) is 4. The van der Waals surface area contributed by atoms with Gasteiger partial charge < -0.3 is 9.47 Å². The van der Waals surface area contributed by atoms with Crippen LogP contribution in [0, 0.1) is 0 Å². The molecule has 5 rings (SSSR count). The highest BCUT2D eigenvalue weighted by molar-refractivity contribution is 8.14. The number of amidine groups is 1. The smallest absolute Gasteiger partial charge is 0.160 e. The first-order valence-corrected chi connectivity index (χ1v) is 11.2. The second-order valence-corrected chi connectivity index (χ2v) is 8.93. The number of thioether (sulfide) groups is 1. The van der Waals surface area contributed by atoms with Gasteiger partial charge in [0.25, 0.3) is 0 Å². The number of rotatable bonds is 4. The summed E-state index contributed by atoms with van der Waals surface area (Å²) in [5.74, 6) is 1.13. The van der Waals surface area contributed by atoms with E-state index in [4.69, 9.17) is 4.99 Å². The molecule has 0 aliphatic carbocycles. The number of aromatic nitrogens is 2. The van der Waals surface area contributed by atoms with Crippen LogP contribution < -0.4 is 0 Å². The van der Waals surface area contributed by atoms with E-state index in [0.717, 1.165) is 17.9 Å². The van der Waals surface area contributed by atoms with Gasteiger partial charge in [0, 0.05) is 46.7 Å². The van der Waals surface area contributed by atoms with Crippen LogP contribution in [0.5, 0.6) is 0 Å². The van der Waals surface area contributed by atoms with Crippen molar-refractivity contribution in [2.75, 3.05) is 5.75 Å². The largest absolute Gasteiger partial charge is 0.345 e. The number of para-hydroxylation sites is 1. The fourth-order valence-electron chi connectivity index (χ4n) is 4.58. The Kier molecular flexibility index (Phi) is 4.43. The maximum atomic E-state index is 5.17. The second-order valence-electron chi connectivity index (χ2n) is 7.94. The maximum Gasteiger partial charge on any atom is 0.160 e. The third-order valence-corrected chi connectivity index (χ3v) is 7.10. The van der Waals surface area contributed by atoms with Crippen LogP contribution in [0.4, 0.5) is 0 Å². The van der Waals surface area contributed by atoms with Gasteiger partial charge in [0.1, 0.15) is 6.04 Å². The molecule has 4 heterocycles. The Labute approximate surface area is 170 Å². The lowest BCUT2D eigenvalue weighted by Crippen LogP contribution is -2.35. The van der Waals surface area contributed by atoms with Gasteiger partial charge in [0.2, 0.25) is 0 Å². The van der Waals surface area contributed by atoms with Gasteiger partial charge >= 0.3 is 0 Å². The van der Waals surface area contributed by atoms with Gasteiger partial charge in [-0.1, -0.05) is 43.0 Å². The van der Waals surface area contributed by atoms with Crippen molar-refractivity contribution in [1.82, 2.24) is 14.5 Å². The number of hydrogen-bond donors (Lipinski definition) is 0. The molecule has 0 radical (unpaired) electrons. The molecule has 3 unspecified atom stereocenters. The fourth-order valence-corrected chi connectivity index (χ4v) is 5.92. The molecule has 2 aliphatic rings. The summed E-state index contributed by atoms with van der Waals surface area (Å²) in [4.78, 5) is 12.4. The van der Waals surface area contributed by atoms with Crippen molar-refractivity contribution in [3.05, 3.63) is 66.1 Å². The molecule has 2 aromatic heterocycles.